The smallest absolute Gasteiger partial charge is 0.351 e. The Morgan fingerprint density at radius 1 is 1.02 bits per heavy atom. The van der Waals surface area contributed by atoms with E-state index in [1.165, 1.54) is 14.8 Å². The molecule has 2 aliphatic heterocycles. The second-order valence-electron chi connectivity index (χ2n) is 13.9. The summed E-state index contributed by atoms with van der Waals surface area (Å²) in [7, 11) is -0.292. The molecule has 0 radical (unpaired) electrons. The average Bonchev–Trinajstić information content (AvgIpc) is 3.50. The van der Waals surface area contributed by atoms with Gasteiger partial charge in [-0.3, -0.25) is 9.58 Å². The Kier molecular flexibility index (Phi) is 12.2. The molecule has 0 aliphatic carbocycles. The molecule has 13 nitrogen and oxygen atoms in total. The molecule has 0 atom stereocenters. The van der Waals surface area contributed by atoms with E-state index in [1.807, 2.05) is 19.2 Å². The van der Waals surface area contributed by atoms with E-state index in [0.717, 1.165) is 80.5 Å². The highest BCUT2D eigenvalue weighted by Gasteiger charge is 2.33. The lowest BCUT2D eigenvalue weighted by Crippen LogP contribution is -2.42. The molecule has 2 fully saturated rings. The molecular formula is C37H46F3N9O4S. The van der Waals surface area contributed by atoms with Crippen LogP contribution >= 0.6 is 0 Å². The lowest BCUT2D eigenvalue weighted by Gasteiger charge is -2.32. The Balaban J connectivity index is 0.972. The van der Waals surface area contributed by atoms with Gasteiger partial charge in [0.2, 0.25) is 16.0 Å². The number of aromatic nitrogens is 4. The van der Waals surface area contributed by atoms with E-state index in [-0.39, 0.29) is 49.0 Å². The SMILES string of the molecule is CNC(=O)N(CCC=O)c1nn(C)c2cc(C3CCN(CCCc4cccc(S(=O)(=O)N5CCC(Nc6ncc(C(F)(F)F)cn6)CC5)c4)CC3)ccc12. The van der Waals surface area contributed by atoms with E-state index < -0.39 is 21.8 Å². The summed E-state index contributed by atoms with van der Waals surface area (Å²) in [5.74, 6) is 1.01. The number of nitrogens with zero attached hydrogens (tertiary/aromatic N) is 7. The van der Waals surface area contributed by atoms with Crippen molar-refractivity contribution in [1.29, 1.82) is 0 Å². The van der Waals surface area contributed by atoms with Crippen LogP contribution in [-0.2, 0) is 34.5 Å². The minimum Gasteiger partial charge on any atom is -0.351 e. The summed E-state index contributed by atoms with van der Waals surface area (Å²) < 4.78 is 68.8. The van der Waals surface area contributed by atoms with E-state index in [9.17, 15) is 31.2 Å². The normalized spacial score (nSPS) is 16.8. The highest BCUT2D eigenvalue weighted by atomic mass is 32.2. The number of nitrogens with one attached hydrogen (secondary N) is 2. The van der Waals surface area contributed by atoms with Crippen LogP contribution in [0.3, 0.4) is 0 Å². The Morgan fingerprint density at radius 2 is 1.74 bits per heavy atom. The number of hydrogen-bond acceptors (Lipinski definition) is 9. The van der Waals surface area contributed by atoms with Gasteiger partial charge in [0.05, 0.1) is 16.0 Å². The number of amides is 2. The first-order chi connectivity index (χ1) is 25.9. The maximum atomic E-state index is 13.5. The number of halogens is 3. The Morgan fingerprint density at radius 3 is 2.41 bits per heavy atom. The third kappa shape index (κ3) is 9.01. The number of anilines is 2. The van der Waals surface area contributed by atoms with Gasteiger partial charge < -0.3 is 20.3 Å². The van der Waals surface area contributed by atoms with Crippen LogP contribution in [0, 0.1) is 0 Å². The fraction of sp³-hybridized carbons (Fsp3) is 0.486. The number of benzene rings is 2. The Hall–Kier alpha value is -4.61. The monoisotopic (exact) mass is 769 g/mol. The summed E-state index contributed by atoms with van der Waals surface area (Å²) in [6.07, 6.45) is 2.58. The van der Waals surface area contributed by atoms with Gasteiger partial charge in [0.15, 0.2) is 5.82 Å². The molecule has 2 amide bonds. The van der Waals surface area contributed by atoms with Crippen molar-refractivity contribution in [2.24, 2.45) is 7.05 Å². The van der Waals surface area contributed by atoms with E-state index in [1.54, 1.807) is 29.9 Å². The van der Waals surface area contributed by atoms with Crippen molar-refractivity contribution < 1.29 is 31.2 Å². The maximum Gasteiger partial charge on any atom is 0.419 e. The number of aldehydes is 1. The molecule has 2 aliphatic rings. The minimum absolute atomic E-state index is 0.0834. The summed E-state index contributed by atoms with van der Waals surface area (Å²) >= 11 is 0. The molecular weight excluding hydrogens is 724 g/mol. The Labute approximate surface area is 313 Å². The second kappa shape index (κ2) is 16.8. The van der Waals surface area contributed by atoms with Gasteiger partial charge in [0, 0.05) is 64.0 Å². The van der Waals surface area contributed by atoms with Crippen LogP contribution in [0.25, 0.3) is 10.9 Å². The summed E-state index contributed by atoms with van der Waals surface area (Å²) in [4.78, 5) is 35.3. The number of hydrogen-bond donors (Lipinski definition) is 2. The van der Waals surface area contributed by atoms with Gasteiger partial charge >= 0.3 is 12.2 Å². The third-order valence-electron chi connectivity index (χ3n) is 10.3. The van der Waals surface area contributed by atoms with Gasteiger partial charge in [-0.1, -0.05) is 18.2 Å². The number of carbonyl (C=O) groups excluding carboxylic acids is 2. The summed E-state index contributed by atoms with van der Waals surface area (Å²) in [5, 5.41) is 11.1. The fourth-order valence-corrected chi connectivity index (χ4v) is 8.85. The van der Waals surface area contributed by atoms with E-state index in [0.29, 0.717) is 24.6 Å². The Bertz CT molecular complexity index is 2030. The average molecular weight is 770 g/mol. The number of piperidine rings is 2. The molecule has 54 heavy (non-hydrogen) atoms. The number of likely N-dealkylation sites (tertiary alicyclic amines) is 1. The zero-order valence-corrected chi connectivity index (χ0v) is 31.2. The number of alkyl halides is 3. The van der Waals surface area contributed by atoms with Crippen molar-refractivity contribution in [3.63, 3.8) is 0 Å². The molecule has 2 N–H and O–H groups in total. The van der Waals surface area contributed by atoms with Gasteiger partial charge in [-0.2, -0.15) is 22.6 Å². The highest BCUT2D eigenvalue weighted by Crippen LogP contribution is 2.34. The van der Waals surface area contributed by atoms with Crippen LogP contribution in [-0.4, -0.2) is 102 Å². The molecule has 2 aromatic carbocycles. The van der Waals surface area contributed by atoms with Gasteiger partial charge in [0.1, 0.15) is 6.29 Å². The molecule has 17 heteroatoms. The molecule has 2 aromatic heterocycles. The summed E-state index contributed by atoms with van der Waals surface area (Å²) in [5.41, 5.74) is 2.21. The highest BCUT2D eigenvalue weighted by molar-refractivity contribution is 7.89. The topological polar surface area (TPSA) is 146 Å². The van der Waals surface area contributed by atoms with Crippen molar-refractivity contribution in [3.8, 4) is 0 Å². The van der Waals surface area contributed by atoms with Crippen molar-refractivity contribution >= 4 is 45.0 Å². The number of carbonyl (C=O) groups is 2. The number of urea groups is 1. The van der Waals surface area contributed by atoms with E-state index in [2.05, 4.69) is 42.7 Å². The van der Waals surface area contributed by atoms with Crippen molar-refractivity contribution in [3.05, 3.63) is 71.5 Å². The number of fused-ring (bicyclic) bond motifs is 1. The van der Waals surface area contributed by atoms with E-state index >= 15 is 0 Å². The first kappa shape index (κ1) is 39.1. The van der Waals surface area contributed by atoms with Crippen LogP contribution < -0.4 is 15.5 Å². The van der Waals surface area contributed by atoms with Crippen molar-refractivity contribution in [2.75, 3.05) is 56.5 Å². The number of aryl methyl sites for hydroxylation is 2. The standard InChI is InChI=1S/C37H46F3N9O4S/c1-41-36(51)49(16-5-21-50)34-32-10-9-28(23-33(32)46(2)45-34)27-11-17-47(18-12-27)15-4-7-26-6-3-8-31(22-26)54(52,53)48-19-13-30(14-20-48)44-35-42-24-29(25-43-35)37(38,39)40/h3,6,8-10,21-25,27,30H,4-5,7,11-20H2,1-2H3,(H,41,51)(H,42,43,44). The van der Waals surface area contributed by atoms with Gasteiger partial charge in [-0.15, -0.1) is 0 Å². The van der Waals surface area contributed by atoms with Crippen LogP contribution in [0.4, 0.5) is 29.7 Å². The number of sulfonamides is 1. The second-order valence-corrected chi connectivity index (χ2v) is 15.8. The molecule has 0 unspecified atom stereocenters. The predicted molar refractivity (Wildman–Crippen MR) is 199 cm³/mol. The molecule has 0 bridgehead atoms. The zero-order valence-electron chi connectivity index (χ0n) is 30.4. The van der Waals surface area contributed by atoms with Crippen LogP contribution in [0.1, 0.15) is 61.1 Å². The maximum absolute atomic E-state index is 13.5. The van der Waals surface area contributed by atoms with Crippen molar-refractivity contribution in [1.82, 2.24) is 34.3 Å². The first-order valence-electron chi connectivity index (χ1n) is 18.2. The minimum atomic E-state index is -4.51. The quantitative estimate of drug-likeness (QED) is 0.176. The third-order valence-corrected chi connectivity index (χ3v) is 12.2. The van der Waals surface area contributed by atoms with Gasteiger partial charge in [0.25, 0.3) is 0 Å². The van der Waals surface area contributed by atoms with E-state index in [4.69, 9.17) is 0 Å². The first-order valence-corrected chi connectivity index (χ1v) is 19.7. The largest absolute Gasteiger partial charge is 0.419 e. The van der Waals surface area contributed by atoms with Crippen molar-refractivity contribution in [2.45, 2.75) is 68.0 Å². The van der Waals surface area contributed by atoms with Gasteiger partial charge in [-0.05, 0) is 99.5 Å². The molecule has 6 rings (SSSR count). The molecule has 2 saturated heterocycles. The van der Waals surface area contributed by atoms with Crippen LogP contribution in [0.2, 0.25) is 0 Å². The lowest BCUT2D eigenvalue weighted by atomic mass is 9.89. The molecule has 290 valence electrons. The summed E-state index contributed by atoms with van der Waals surface area (Å²) in [6.45, 7) is 3.62. The molecule has 4 heterocycles. The van der Waals surface area contributed by atoms with Crippen LogP contribution in [0.5, 0.6) is 0 Å². The zero-order chi connectivity index (χ0) is 38.5. The molecule has 0 spiro atoms. The van der Waals surface area contributed by atoms with Gasteiger partial charge in [-0.25, -0.2) is 23.2 Å². The number of rotatable bonds is 13. The lowest BCUT2D eigenvalue weighted by molar-refractivity contribution is -0.138. The fourth-order valence-electron chi connectivity index (χ4n) is 7.31. The van der Waals surface area contributed by atoms with Crippen LogP contribution in [0.15, 0.2) is 59.8 Å². The summed E-state index contributed by atoms with van der Waals surface area (Å²) in [6, 6.07) is 13.0. The molecule has 4 aromatic rings. The molecule has 0 saturated carbocycles. The predicted octanol–water partition coefficient (Wildman–Crippen LogP) is 5.19.